The molecule has 2 rings (SSSR count). The second kappa shape index (κ2) is 7.41. The lowest BCUT2D eigenvalue weighted by atomic mass is 10.2. The van der Waals surface area contributed by atoms with Gasteiger partial charge in [-0.2, -0.15) is 0 Å². The minimum atomic E-state index is -0.696. The number of aryl methyl sites for hydroxylation is 1. The van der Waals surface area contributed by atoms with Crippen LogP contribution in [0.2, 0.25) is 0 Å². The summed E-state index contributed by atoms with van der Waals surface area (Å²) in [6.07, 6.45) is 0. The highest BCUT2D eigenvalue weighted by Crippen LogP contribution is 2.06. The summed E-state index contributed by atoms with van der Waals surface area (Å²) >= 11 is 0. The minimum Gasteiger partial charge on any atom is -0.459 e. The molecule has 114 valence electrons. The predicted octanol–water partition coefficient (Wildman–Crippen LogP) is 2.86. The number of amides is 1. The van der Waals surface area contributed by atoms with E-state index in [0.29, 0.717) is 5.56 Å². The summed E-state index contributed by atoms with van der Waals surface area (Å²) in [6.45, 7) is 3.81. The first-order chi connectivity index (χ1) is 10.6. The fraction of sp³-hybridized carbons (Fsp3) is 0.222. The molecule has 2 aromatic carbocycles. The van der Waals surface area contributed by atoms with E-state index < -0.39 is 12.0 Å². The molecular weight excluding hydrogens is 278 g/mol. The van der Waals surface area contributed by atoms with E-state index in [0.717, 1.165) is 11.1 Å². The summed E-state index contributed by atoms with van der Waals surface area (Å²) in [5.74, 6) is -0.745. The molecule has 4 nitrogen and oxygen atoms in total. The Bertz CT molecular complexity index is 635. The van der Waals surface area contributed by atoms with Gasteiger partial charge in [0.1, 0.15) is 12.6 Å². The van der Waals surface area contributed by atoms with Gasteiger partial charge in [-0.3, -0.25) is 4.79 Å². The molecular formula is C18H19NO3. The van der Waals surface area contributed by atoms with Gasteiger partial charge < -0.3 is 10.1 Å². The van der Waals surface area contributed by atoms with Gasteiger partial charge in [-0.15, -0.1) is 0 Å². The molecule has 0 bridgehead atoms. The van der Waals surface area contributed by atoms with Crippen LogP contribution in [0.15, 0.2) is 54.6 Å². The Hall–Kier alpha value is -2.62. The summed E-state index contributed by atoms with van der Waals surface area (Å²) in [7, 11) is 0. The van der Waals surface area contributed by atoms with Crippen LogP contribution in [0, 0.1) is 6.92 Å². The predicted molar refractivity (Wildman–Crippen MR) is 84.3 cm³/mol. The standard InChI is InChI=1S/C18H19NO3/c1-13-8-10-15(11-9-13)12-22-18(21)14(2)19-17(20)16-6-4-3-5-7-16/h3-11,14H,12H2,1-2H3,(H,19,20). The van der Waals surface area contributed by atoms with Gasteiger partial charge in [0, 0.05) is 5.56 Å². The highest BCUT2D eigenvalue weighted by molar-refractivity contribution is 5.96. The summed E-state index contributed by atoms with van der Waals surface area (Å²) in [4.78, 5) is 23.9. The molecule has 0 saturated carbocycles. The van der Waals surface area contributed by atoms with Gasteiger partial charge in [-0.1, -0.05) is 48.0 Å². The van der Waals surface area contributed by atoms with Gasteiger partial charge in [0.05, 0.1) is 0 Å². The van der Waals surface area contributed by atoms with E-state index in [1.165, 1.54) is 0 Å². The monoisotopic (exact) mass is 297 g/mol. The van der Waals surface area contributed by atoms with Crippen LogP contribution in [0.1, 0.15) is 28.4 Å². The average Bonchev–Trinajstić information content (AvgIpc) is 2.54. The van der Waals surface area contributed by atoms with Gasteiger partial charge in [-0.05, 0) is 31.5 Å². The maximum absolute atomic E-state index is 12.0. The molecule has 0 aliphatic heterocycles. The van der Waals surface area contributed by atoms with Crippen molar-refractivity contribution in [3.05, 3.63) is 71.3 Å². The Labute approximate surface area is 130 Å². The molecule has 0 saturated heterocycles. The van der Waals surface area contributed by atoms with Gasteiger partial charge in [0.2, 0.25) is 0 Å². The fourth-order valence-electron chi connectivity index (χ4n) is 1.89. The first-order valence-corrected chi connectivity index (χ1v) is 7.14. The summed E-state index contributed by atoms with van der Waals surface area (Å²) in [5, 5.41) is 2.63. The number of nitrogens with one attached hydrogen (secondary N) is 1. The molecule has 0 aromatic heterocycles. The van der Waals surface area contributed by atoms with Crippen LogP contribution in [-0.4, -0.2) is 17.9 Å². The molecule has 2 aromatic rings. The number of ether oxygens (including phenoxy) is 1. The Balaban J connectivity index is 1.84. The lowest BCUT2D eigenvalue weighted by molar-refractivity contribution is -0.146. The third-order valence-electron chi connectivity index (χ3n) is 3.24. The zero-order valence-corrected chi connectivity index (χ0v) is 12.7. The molecule has 0 heterocycles. The molecule has 1 unspecified atom stereocenters. The van der Waals surface area contributed by atoms with E-state index in [-0.39, 0.29) is 12.5 Å². The first-order valence-electron chi connectivity index (χ1n) is 7.14. The normalized spacial score (nSPS) is 11.5. The van der Waals surface area contributed by atoms with E-state index in [4.69, 9.17) is 4.74 Å². The van der Waals surface area contributed by atoms with Crippen LogP contribution in [0.25, 0.3) is 0 Å². The zero-order chi connectivity index (χ0) is 15.9. The summed E-state index contributed by atoms with van der Waals surface area (Å²) in [6, 6.07) is 15.8. The van der Waals surface area contributed by atoms with E-state index in [2.05, 4.69) is 5.32 Å². The molecule has 0 aliphatic rings. The van der Waals surface area contributed by atoms with Crippen molar-refractivity contribution >= 4 is 11.9 Å². The third-order valence-corrected chi connectivity index (χ3v) is 3.24. The maximum Gasteiger partial charge on any atom is 0.328 e. The Morgan fingerprint density at radius 3 is 2.32 bits per heavy atom. The first kappa shape index (κ1) is 15.8. The van der Waals surface area contributed by atoms with Crippen LogP contribution >= 0.6 is 0 Å². The quantitative estimate of drug-likeness (QED) is 0.863. The highest BCUT2D eigenvalue weighted by atomic mass is 16.5. The van der Waals surface area contributed by atoms with E-state index >= 15 is 0 Å². The molecule has 0 fully saturated rings. The molecule has 1 atom stereocenters. The summed E-state index contributed by atoms with van der Waals surface area (Å²) < 4.78 is 5.21. The molecule has 0 radical (unpaired) electrons. The SMILES string of the molecule is Cc1ccc(COC(=O)C(C)NC(=O)c2ccccc2)cc1. The van der Waals surface area contributed by atoms with Crippen LogP contribution in [-0.2, 0) is 16.1 Å². The maximum atomic E-state index is 12.0. The lowest BCUT2D eigenvalue weighted by Crippen LogP contribution is -2.39. The van der Waals surface area contributed by atoms with Gasteiger partial charge in [0.25, 0.3) is 5.91 Å². The van der Waals surface area contributed by atoms with Crippen molar-refractivity contribution in [3.8, 4) is 0 Å². The number of rotatable bonds is 5. The third kappa shape index (κ3) is 4.45. The smallest absolute Gasteiger partial charge is 0.328 e. The van der Waals surface area contributed by atoms with Gasteiger partial charge in [-0.25, -0.2) is 4.79 Å². The number of carbonyl (C=O) groups is 2. The fourth-order valence-corrected chi connectivity index (χ4v) is 1.89. The number of hydrogen-bond acceptors (Lipinski definition) is 3. The van der Waals surface area contributed by atoms with Crippen LogP contribution in [0.4, 0.5) is 0 Å². The van der Waals surface area contributed by atoms with Crippen LogP contribution in [0.3, 0.4) is 0 Å². The number of hydrogen-bond donors (Lipinski definition) is 1. The number of esters is 1. The van der Waals surface area contributed by atoms with Gasteiger partial charge >= 0.3 is 5.97 Å². The van der Waals surface area contributed by atoms with Crippen molar-refractivity contribution in [1.29, 1.82) is 0 Å². The second-order valence-corrected chi connectivity index (χ2v) is 5.15. The zero-order valence-electron chi connectivity index (χ0n) is 12.7. The van der Waals surface area contributed by atoms with Crippen molar-refractivity contribution in [2.24, 2.45) is 0 Å². The average molecular weight is 297 g/mol. The van der Waals surface area contributed by atoms with Crippen molar-refractivity contribution in [2.75, 3.05) is 0 Å². The van der Waals surface area contributed by atoms with Crippen LogP contribution < -0.4 is 5.32 Å². The Kier molecular flexibility index (Phi) is 5.31. The van der Waals surface area contributed by atoms with Crippen molar-refractivity contribution in [3.63, 3.8) is 0 Å². The molecule has 0 aliphatic carbocycles. The topological polar surface area (TPSA) is 55.4 Å². The largest absolute Gasteiger partial charge is 0.459 e. The Morgan fingerprint density at radius 2 is 1.68 bits per heavy atom. The Morgan fingerprint density at radius 1 is 1.05 bits per heavy atom. The highest BCUT2D eigenvalue weighted by Gasteiger charge is 2.17. The molecule has 0 spiro atoms. The van der Waals surface area contributed by atoms with Gasteiger partial charge in [0.15, 0.2) is 0 Å². The lowest BCUT2D eigenvalue weighted by Gasteiger charge is -2.13. The molecule has 22 heavy (non-hydrogen) atoms. The van der Waals surface area contributed by atoms with Crippen molar-refractivity contribution < 1.29 is 14.3 Å². The molecule has 1 amide bonds. The minimum absolute atomic E-state index is 0.199. The second-order valence-electron chi connectivity index (χ2n) is 5.15. The number of benzene rings is 2. The number of carbonyl (C=O) groups excluding carboxylic acids is 2. The van der Waals surface area contributed by atoms with E-state index in [9.17, 15) is 9.59 Å². The molecule has 4 heteroatoms. The molecule has 1 N–H and O–H groups in total. The summed E-state index contributed by atoms with van der Waals surface area (Å²) in [5.41, 5.74) is 2.58. The van der Waals surface area contributed by atoms with E-state index in [1.54, 1.807) is 31.2 Å². The van der Waals surface area contributed by atoms with Crippen LogP contribution in [0.5, 0.6) is 0 Å². The van der Waals surface area contributed by atoms with E-state index in [1.807, 2.05) is 37.3 Å². The van der Waals surface area contributed by atoms with Crippen molar-refractivity contribution in [2.45, 2.75) is 26.5 Å². The van der Waals surface area contributed by atoms with Crippen molar-refractivity contribution in [1.82, 2.24) is 5.32 Å².